The van der Waals surface area contributed by atoms with Gasteiger partial charge in [0.2, 0.25) is 5.89 Å². The molecule has 0 aliphatic heterocycles. The highest BCUT2D eigenvalue weighted by atomic mass is 16.5. The second kappa shape index (κ2) is 4.34. The molecule has 2 fully saturated rings. The molecule has 2 aliphatic carbocycles. The minimum Gasteiger partial charge on any atom is -0.339 e. The SMILES string of the molecule is CCC(N)(CC)c1noc(C(C2CC2)C2CC2)n1. The minimum absolute atomic E-state index is 0.417. The van der Waals surface area contributed by atoms with Crippen LogP contribution in [0.25, 0.3) is 0 Å². The van der Waals surface area contributed by atoms with E-state index < -0.39 is 5.54 Å². The Kier molecular flexibility index (Phi) is 2.93. The summed E-state index contributed by atoms with van der Waals surface area (Å²) in [6.45, 7) is 4.16. The van der Waals surface area contributed by atoms with Crippen LogP contribution >= 0.6 is 0 Å². The maximum Gasteiger partial charge on any atom is 0.230 e. The molecule has 3 rings (SSSR count). The molecule has 0 bridgehead atoms. The van der Waals surface area contributed by atoms with Crippen molar-refractivity contribution in [1.82, 2.24) is 10.1 Å². The lowest BCUT2D eigenvalue weighted by molar-refractivity contribution is 0.309. The molecule has 0 aromatic carbocycles. The summed E-state index contributed by atoms with van der Waals surface area (Å²) in [6, 6.07) is 0. The fraction of sp³-hybridized carbons (Fsp3) is 0.857. The Labute approximate surface area is 108 Å². The molecule has 4 nitrogen and oxygen atoms in total. The summed E-state index contributed by atoms with van der Waals surface area (Å²) in [5, 5.41) is 4.16. The number of nitrogens with zero attached hydrogens (tertiary/aromatic N) is 2. The molecule has 1 aromatic heterocycles. The Hall–Kier alpha value is -0.900. The molecule has 0 spiro atoms. The second-order valence-corrected chi connectivity index (χ2v) is 6.02. The van der Waals surface area contributed by atoms with Crippen molar-refractivity contribution in [2.75, 3.05) is 0 Å². The van der Waals surface area contributed by atoms with Gasteiger partial charge in [-0.25, -0.2) is 0 Å². The van der Waals surface area contributed by atoms with Crippen LogP contribution in [-0.2, 0) is 5.54 Å². The summed E-state index contributed by atoms with van der Waals surface area (Å²) >= 11 is 0. The number of aromatic nitrogens is 2. The van der Waals surface area contributed by atoms with Crippen LogP contribution < -0.4 is 5.73 Å². The average molecular weight is 249 g/mol. The number of nitrogens with two attached hydrogens (primary N) is 1. The van der Waals surface area contributed by atoms with Crippen molar-refractivity contribution in [3.8, 4) is 0 Å². The Morgan fingerprint density at radius 2 is 1.78 bits per heavy atom. The van der Waals surface area contributed by atoms with Crippen molar-refractivity contribution in [2.24, 2.45) is 17.6 Å². The zero-order valence-corrected chi connectivity index (χ0v) is 11.4. The summed E-state index contributed by atoms with van der Waals surface area (Å²) in [5.41, 5.74) is 5.91. The third-order valence-corrected chi connectivity index (χ3v) is 4.69. The van der Waals surface area contributed by atoms with E-state index in [4.69, 9.17) is 10.3 Å². The van der Waals surface area contributed by atoms with Crippen molar-refractivity contribution in [3.63, 3.8) is 0 Å². The van der Waals surface area contributed by atoms with Crippen LogP contribution in [0.1, 0.15) is 70.0 Å². The second-order valence-electron chi connectivity index (χ2n) is 6.02. The van der Waals surface area contributed by atoms with Crippen LogP contribution in [0.2, 0.25) is 0 Å². The fourth-order valence-corrected chi connectivity index (χ4v) is 2.84. The molecule has 2 N–H and O–H groups in total. The van der Waals surface area contributed by atoms with E-state index in [0.717, 1.165) is 30.6 Å². The monoisotopic (exact) mass is 249 g/mol. The Morgan fingerprint density at radius 3 is 2.22 bits per heavy atom. The standard InChI is InChI=1S/C14H23N3O/c1-3-14(15,4-2)13-16-12(18-17-13)11(9-5-6-9)10-7-8-10/h9-11H,3-8,15H2,1-2H3. The van der Waals surface area contributed by atoms with E-state index in [1.54, 1.807) is 0 Å². The normalized spacial score (nSPS) is 20.7. The van der Waals surface area contributed by atoms with E-state index in [9.17, 15) is 0 Å². The van der Waals surface area contributed by atoms with Gasteiger partial charge in [0.15, 0.2) is 5.82 Å². The summed E-state index contributed by atoms with van der Waals surface area (Å²) in [4.78, 5) is 4.64. The van der Waals surface area contributed by atoms with Crippen molar-refractivity contribution < 1.29 is 4.52 Å². The number of hydrogen-bond acceptors (Lipinski definition) is 4. The highest BCUT2D eigenvalue weighted by Crippen LogP contribution is 2.54. The lowest BCUT2D eigenvalue weighted by Crippen LogP contribution is -2.36. The highest BCUT2D eigenvalue weighted by molar-refractivity contribution is 5.10. The molecular formula is C14H23N3O. The van der Waals surface area contributed by atoms with Crippen LogP contribution in [-0.4, -0.2) is 10.1 Å². The van der Waals surface area contributed by atoms with E-state index in [1.165, 1.54) is 25.7 Å². The molecule has 0 radical (unpaired) electrons. The molecule has 2 saturated carbocycles. The maximum atomic E-state index is 6.33. The number of hydrogen-bond donors (Lipinski definition) is 1. The van der Waals surface area contributed by atoms with E-state index in [-0.39, 0.29) is 0 Å². The lowest BCUT2D eigenvalue weighted by Gasteiger charge is -2.21. The molecule has 18 heavy (non-hydrogen) atoms. The number of rotatable bonds is 6. The van der Waals surface area contributed by atoms with Gasteiger partial charge in [0.25, 0.3) is 0 Å². The van der Waals surface area contributed by atoms with Crippen LogP contribution in [0.5, 0.6) is 0 Å². The Morgan fingerprint density at radius 1 is 1.22 bits per heavy atom. The van der Waals surface area contributed by atoms with Crippen molar-refractivity contribution in [3.05, 3.63) is 11.7 Å². The molecule has 0 saturated heterocycles. The fourth-order valence-electron chi connectivity index (χ4n) is 2.84. The van der Waals surface area contributed by atoms with Gasteiger partial charge in [-0.1, -0.05) is 19.0 Å². The van der Waals surface area contributed by atoms with E-state index in [0.29, 0.717) is 11.7 Å². The molecule has 2 aliphatic rings. The van der Waals surface area contributed by atoms with Gasteiger partial charge >= 0.3 is 0 Å². The van der Waals surface area contributed by atoms with Crippen LogP contribution in [0.4, 0.5) is 0 Å². The summed E-state index contributed by atoms with van der Waals surface area (Å²) in [5.74, 6) is 3.66. The van der Waals surface area contributed by atoms with E-state index >= 15 is 0 Å². The summed E-state index contributed by atoms with van der Waals surface area (Å²) in [7, 11) is 0. The van der Waals surface area contributed by atoms with Crippen LogP contribution in [0, 0.1) is 11.8 Å². The first-order valence-corrected chi connectivity index (χ1v) is 7.31. The van der Waals surface area contributed by atoms with E-state index in [1.807, 2.05) is 0 Å². The average Bonchev–Trinajstić information content (AvgIpc) is 3.30. The van der Waals surface area contributed by atoms with Gasteiger partial charge < -0.3 is 10.3 Å². The van der Waals surface area contributed by atoms with Crippen molar-refractivity contribution in [2.45, 2.75) is 63.8 Å². The molecule has 0 amide bonds. The van der Waals surface area contributed by atoms with Gasteiger partial charge in [0.05, 0.1) is 5.54 Å². The molecule has 1 heterocycles. The van der Waals surface area contributed by atoms with Gasteiger partial charge in [0, 0.05) is 5.92 Å². The largest absolute Gasteiger partial charge is 0.339 e. The molecule has 0 unspecified atom stereocenters. The predicted octanol–water partition coefficient (Wildman–Crippen LogP) is 2.95. The van der Waals surface area contributed by atoms with Crippen molar-refractivity contribution >= 4 is 0 Å². The third-order valence-electron chi connectivity index (χ3n) is 4.69. The Bertz CT molecular complexity index is 404. The maximum absolute atomic E-state index is 6.33. The molecule has 4 heteroatoms. The van der Waals surface area contributed by atoms with Gasteiger partial charge in [0.1, 0.15) is 0 Å². The first-order valence-electron chi connectivity index (χ1n) is 7.31. The van der Waals surface area contributed by atoms with Gasteiger partial charge in [-0.3, -0.25) is 0 Å². The Balaban J connectivity index is 1.83. The van der Waals surface area contributed by atoms with Crippen LogP contribution in [0.15, 0.2) is 4.52 Å². The lowest BCUT2D eigenvalue weighted by atomic mass is 9.93. The van der Waals surface area contributed by atoms with Gasteiger partial charge in [-0.2, -0.15) is 4.98 Å². The van der Waals surface area contributed by atoms with Gasteiger partial charge in [-0.05, 0) is 50.4 Å². The van der Waals surface area contributed by atoms with E-state index in [2.05, 4.69) is 24.0 Å². The predicted molar refractivity (Wildman–Crippen MR) is 68.9 cm³/mol. The van der Waals surface area contributed by atoms with Crippen molar-refractivity contribution in [1.29, 1.82) is 0 Å². The minimum atomic E-state index is -0.417. The third kappa shape index (κ3) is 2.07. The topological polar surface area (TPSA) is 64.9 Å². The molecular weight excluding hydrogens is 226 g/mol. The molecule has 0 atom stereocenters. The smallest absolute Gasteiger partial charge is 0.230 e. The quantitative estimate of drug-likeness (QED) is 0.841. The summed E-state index contributed by atoms with van der Waals surface area (Å²) < 4.78 is 5.54. The van der Waals surface area contributed by atoms with Gasteiger partial charge in [-0.15, -0.1) is 0 Å². The zero-order valence-electron chi connectivity index (χ0n) is 11.4. The summed E-state index contributed by atoms with van der Waals surface area (Å²) in [6.07, 6.45) is 7.00. The first-order chi connectivity index (χ1) is 8.68. The van der Waals surface area contributed by atoms with Crippen LogP contribution in [0.3, 0.4) is 0 Å². The zero-order chi connectivity index (χ0) is 12.8. The molecule has 1 aromatic rings. The molecule has 100 valence electrons. The first kappa shape index (κ1) is 12.2. The highest BCUT2D eigenvalue weighted by Gasteiger charge is 2.46.